The lowest BCUT2D eigenvalue weighted by molar-refractivity contribution is -0.139. The molecule has 0 aliphatic carbocycles. The second-order valence-electron chi connectivity index (χ2n) is 7.84. The molecule has 34 heavy (non-hydrogen) atoms. The summed E-state index contributed by atoms with van der Waals surface area (Å²) in [6.07, 6.45) is 1.73. The van der Waals surface area contributed by atoms with E-state index in [2.05, 4.69) is 5.32 Å². The van der Waals surface area contributed by atoms with Gasteiger partial charge in [0, 0.05) is 33.7 Å². The molecule has 0 saturated carbocycles. The summed E-state index contributed by atoms with van der Waals surface area (Å²) in [5.74, 6) is -0.969. The number of nitrogens with zero attached hydrogens (tertiary/aromatic N) is 2. The SMILES string of the molecule is CCCNC(=O)[C@@H](C)N(Cc1c(Cl)cccc1Cl)C(=O)CN(c1cccc(Cl)c1C)S(C)(=O)=O. The van der Waals surface area contributed by atoms with Crippen LogP contribution in [0.3, 0.4) is 0 Å². The lowest BCUT2D eigenvalue weighted by atomic mass is 10.1. The molecule has 0 heterocycles. The Hall–Kier alpha value is -2.00. The van der Waals surface area contributed by atoms with Gasteiger partial charge < -0.3 is 10.2 Å². The predicted octanol–water partition coefficient (Wildman–Crippen LogP) is 4.66. The number of nitrogens with one attached hydrogen (secondary N) is 1. The number of rotatable bonds is 10. The zero-order valence-corrected chi connectivity index (χ0v) is 22.5. The van der Waals surface area contributed by atoms with Crippen LogP contribution in [0.25, 0.3) is 0 Å². The average molecular weight is 549 g/mol. The van der Waals surface area contributed by atoms with Gasteiger partial charge in [-0.15, -0.1) is 0 Å². The molecule has 0 aliphatic heterocycles. The molecule has 0 aliphatic rings. The van der Waals surface area contributed by atoms with E-state index in [-0.39, 0.29) is 18.1 Å². The Labute approximate surface area is 216 Å². The van der Waals surface area contributed by atoms with Crippen molar-refractivity contribution in [2.24, 2.45) is 0 Å². The normalized spacial score (nSPS) is 12.2. The molecule has 0 spiro atoms. The van der Waals surface area contributed by atoms with Gasteiger partial charge in [-0.25, -0.2) is 8.42 Å². The Kier molecular flexibility index (Phi) is 10.1. The van der Waals surface area contributed by atoms with Gasteiger partial charge >= 0.3 is 0 Å². The summed E-state index contributed by atoms with van der Waals surface area (Å²) < 4.78 is 26.3. The first-order chi connectivity index (χ1) is 15.9. The van der Waals surface area contributed by atoms with Crippen LogP contribution in [0.4, 0.5) is 5.69 Å². The Morgan fingerprint density at radius 1 is 1.03 bits per heavy atom. The number of carbonyl (C=O) groups excluding carboxylic acids is 2. The summed E-state index contributed by atoms with van der Waals surface area (Å²) in [4.78, 5) is 27.6. The van der Waals surface area contributed by atoms with E-state index in [0.717, 1.165) is 17.0 Å². The maximum atomic E-state index is 13.5. The van der Waals surface area contributed by atoms with Gasteiger partial charge in [0.2, 0.25) is 21.8 Å². The number of benzene rings is 2. The van der Waals surface area contributed by atoms with Crippen LogP contribution in [0.2, 0.25) is 15.1 Å². The minimum atomic E-state index is -3.86. The highest BCUT2D eigenvalue weighted by Crippen LogP contribution is 2.30. The number of amides is 2. The molecule has 2 rings (SSSR count). The Morgan fingerprint density at radius 2 is 1.59 bits per heavy atom. The number of carbonyl (C=O) groups is 2. The van der Waals surface area contributed by atoms with Crippen molar-refractivity contribution in [3.8, 4) is 0 Å². The van der Waals surface area contributed by atoms with E-state index < -0.39 is 28.5 Å². The highest BCUT2D eigenvalue weighted by molar-refractivity contribution is 7.92. The highest BCUT2D eigenvalue weighted by atomic mass is 35.5. The van der Waals surface area contributed by atoms with Crippen molar-refractivity contribution in [2.45, 2.75) is 39.8 Å². The molecule has 2 aromatic carbocycles. The van der Waals surface area contributed by atoms with Crippen LogP contribution >= 0.6 is 34.8 Å². The molecule has 0 aromatic heterocycles. The monoisotopic (exact) mass is 547 g/mol. The van der Waals surface area contributed by atoms with Crippen LogP contribution < -0.4 is 9.62 Å². The molecule has 0 unspecified atom stereocenters. The van der Waals surface area contributed by atoms with Gasteiger partial charge in [0.25, 0.3) is 0 Å². The van der Waals surface area contributed by atoms with Gasteiger partial charge in [0.15, 0.2) is 0 Å². The fourth-order valence-electron chi connectivity index (χ4n) is 3.29. The number of sulfonamides is 1. The summed E-state index contributed by atoms with van der Waals surface area (Å²) in [5, 5.41) is 3.79. The topological polar surface area (TPSA) is 86.8 Å². The van der Waals surface area contributed by atoms with Crippen molar-refractivity contribution < 1.29 is 18.0 Å². The molecule has 1 N–H and O–H groups in total. The minimum absolute atomic E-state index is 0.0792. The Balaban J connectivity index is 2.48. The third-order valence-electron chi connectivity index (χ3n) is 5.29. The number of hydrogen-bond acceptors (Lipinski definition) is 4. The van der Waals surface area contributed by atoms with Crippen LogP contribution in [0, 0.1) is 6.92 Å². The maximum absolute atomic E-state index is 13.5. The first kappa shape index (κ1) is 28.2. The fourth-order valence-corrected chi connectivity index (χ4v) is 4.88. The lowest BCUT2D eigenvalue weighted by Crippen LogP contribution is -2.51. The van der Waals surface area contributed by atoms with E-state index >= 15 is 0 Å². The van der Waals surface area contributed by atoms with Crippen molar-refractivity contribution in [3.63, 3.8) is 0 Å². The Morgan fingerprint density at radius 3 is 2.15 bits per heavy atom. The Bertz CT molecular complexity index is 1140. The minimum Gasteiger partial charge on any atom is -0.354 e. The zero-order valence-electron chi connectivity index (χ0n) is 19.4. The molecule has 0 fully saturated rings. The molecular weight excluding hydrogens is 521 g/mol. The third kappa shape index (κ3) is 7.01. The maximum Gasteiger partial charge on any atom is 0.244 e. The summed E-state index contributed by atoms with van der Waals surface area (Å²) in [6, 6.07) is 8.83. The molecule has 0 radical (unpaired) electrons. The van der Waals surface area contributed by atoms with Gasteiger partial charge in [-0.05, 0) is 50.1 Å². The zero-order chi connectivity index (χ0) is 25.6. The van der Waals surface area contributed by atoms with E-state index in [1.54, 1.807) is 50.2 Å². The van der Waals surface area contributed by atoms with Crippen molar-refractivity contribution in [2.75, 3.05) is 23.7 Å². The predicted molar refractivity (Wildman–Crippen MR) is 138 cm³/mol. The van der Waals surface area contributed by atoms with Gasteiger partial charge in [0.05, 0.1) is 11.9 Å². The van der Waals surface area contributed by atoms with Gasteiger partial charge in [-0.2, -0.15) is 0 Å². The molecule has 0 saturated heterocycles. The molecule has 0 bridgehead atoms. The largest absolute Gasteiger partial charge is 0.354 e. The van der Waals surface area contributed by atoms with E-state index in [1.165, 1.54) is 4.90 Å². The first-order valence-corrected chi connectivity index (χ1v) is 13.6. The summed E-state index contributed by atoms with van der Waals surface area (Å²) in [7, 11) is -3.86. The van der Waals surface area contributed by atoms with E-state index in [0.29, 0.717) is 32.7 Å². The van der Waals surface area contributed by atoms with Gasteiger partial charge in [0.1, 0.15) is 12.6 Å². The molecular formula is C23H28Cl3N3O4S. The fraction of sp³-hybridized carbons (Fsp3) is 0.391. The smallest absolute Gasteiger partial charge is 0.244 e. The summed E-state index contributed by atoms with van der Waals surface area (Å²) >= 11 is 18.8. The lowest BCUT2D eigenvalue weighted by Gasteiger charge is -2.32. The third-order valence-corrected chi connectivity index (χ3v) is 7.54. The van der Waals surface area contributed by atoms with Crippen LogP contribution in [-0.4, -0.2) is 50.5 Å². The number of halogens is 3. The summed E-state index contributed by atoms with van der Waals surface area (Å²) in [6.45, 7) is 4.98. The van der Waals surface area contributed by atoms with E-state index in [9.17, 15) is 18.0 Å². The van der Waals surface area contributed by atoms with Crippen molar-refractivity contribution >= 4 is 62.3 Å². The van der Waals surface area contributed by atoms with Crippen LogP contribution in [0.15, 0.2) is 36.4 Å². The standard InChI is InChI=1S/C23H28Cl3N3O4S/c1-5-12-27-23(31)16(3)28(13-17-19(25)9-6-10-20(17)26)22(30)14-29(34(4,32)33)21-11-7-8-18(24)15(21)2/h6-11,16H,5,12-14H2,1-4H3,(H,27,31)/t16-/m1/s1. The molecule has 7 nitrogen and oxygen atoms in total. The molecule has 186 valence electrons. The van der Waals surface area contributed by atoms with Crippen molar-refractivity contribution in [3.05, 3.63) is 62.6 Å². The van der Waals surface area contributed by atoms with Crippen LogP contribution in [-0.2, 0) is 26.2 Å². The second-order valence-corrected chi connectivity index (χ2v) is 11.0. The van der Waals surface area contributed by atoms with E-state index in [4.69, 9.17) is 34.8 Å². The molecule has 1 atom stereocenters. The van der Waals surface area contributed by atoms with Crippen molar-refractivity contribution in [1.29, 1.82) is 0 Å². The average Bonchev–Trinajstić information content (AvgIpc) is 2.76. The van der Waals surface area contributed by atoms with Crippen LogP contribution in [0.1, 0.15) is 31.4 Å². The molecule has 2 aromatic rings. The number of anilines is 1. The highest BCUT2D eigenvalue weighted by Gasteiger charge is 2.31. The molecule has 11 heteroatoms. The first-order valence-electron chi connectivity index (χ1n) is 10.6. The van der Waals surface area contributed by atoms with Gasteiger partial charge in [-0.3, -0.25) is 13.9 Å². The quantitative estimate of drug-likeness (QED) is 0.468. The van der Waals surface area contributed by atoms with Crippen molar-refractivity contribution in [1.82, 2.24) is 10.2 Å². The number of hydrogen-bond donors (Lipinski definition) is 1. The second kappa shape index (κ2) is 12.1. The van der Waals surface area contributed by atoms with Crippen LogP contribution in [0.5, 0.6) is 0 Å². The molecule has 2 amide bonds. The van der Waals surface area contributed by atoms with E-state index in [1.807, 2.05) is 6.92 Å². The van der Waals surface area contributed by atoms with Gasteiger partial charge in [-0.1, -0.05) is 53.9 Å². The summed E-state index contributed by atoms with van der Waals surface area (Å²) in [5.41, 5.74) is 1.25.